The highest BCUT2D eigenvalue weighted by Gasteiger charge is 2.20. The van der Waals surface area contributed by atoms with Crippen LogP contribution in [0.1, 0.15) is 33.1 Å². The minimum atomic E-state index is -0.872. The van der Waals surface area contributed by atoms with Gasteiger partial charge in [0, 0.05) is 18.8 Å². The first-order valence-corrected chi connectivity index (χ1v) is 7.72. The lowest BCUT2D eigenvalue weighted by Crippen LogP contribution is -2.28. The number of nitrogens with two attached hydrogens (primary N) is 1. The topological polar surface area (TPSA) is 101 Å². The van der Waals surface area contributed by atoms with Gasteiger partial charge in [0.2, 0.25) is 0 Å². The van der Waals surface area contributed by atoms with Gasteiger partial charge in [-0.25, -0.2) is 4.79 Å². The van der Waals surface area contributed by atoms with Gasteiger partial charge in [-0.2, -0.15) is 0 Å². The van der Waals surface area contributed by atoms with Gasteiger partial charge >= 0.3 is 6.16 Å². The summed E-state index contributed by atoms with van der Waals surface area (Å²) in [6.07, 6.45) is 4.83. The molecule has 0 fully saturated rings. The maximum absolute atomic E-state index is 11.7. The van der Waals surface area contributed by atoms with Gasteiger partial charge < -0.3 is 20.6 Å². The fourth-order valence-corrected chi connectivity index (χ4v) is 2.05. The van der Waals surface area contributed by atoms with Crippen LogP contribution in [0.5, 0.6) is 0 Å². The molecule has 0 aliphatic carbocycles. The number of rotatable bonds is 7. The standard InChI is InChI=1S/C15H23ClN4O3/c1-4-5-6-7-22-15(21)23-12(9-13(16)17)14(18)11-8-10(2)19-20(11)3/h8-9,17,19H,4-7,18H2,1-3H3. The number of carbonyl (C=O) groups is 1. The normalized spacial score (nSPS) is 16.6. The molecule has 0 saturated carbocycles. The molecule has 0 aromatic rings. The van der Waals surface area contributed by atoms with E-state index in [0.29, 0.717) is 5.70 Å². The van der Waals surface area contributed by atoms with Crippen LogP contribution in [0, 0.1) is 5.41 Å². The average Bonchev–Trinajstić information content (AvgIpc) is 2.80. The van der Waals surface area contributed by atoms with E-state index < -0.39 is 6.16 Å². The van der Waals surface area contributed by atoms with Crippen LogP contribution in [0.15, 0.2) is 35.0 Å². The number of unbranched alkanes of at least 4 members (excludes halogenated alkanes) is 2. The van der Waals surface area contributed by atoms with Crippen LogP contribution in [0.3, 0.4) is 0 Å². The Balaban J connectivity index is 2.84. The number of nitrogens with one attached hydrogen (secondary N) is 2. The maximum Gasteiger partial charge on any atom is 0.513 e. The van der Waals surface area contributed by atoms with E-state index in [4.69, 9.17) is 32.2 Å². The fourth-order valence-electron chi connectivity index (χ4n) is 1.95. The van der Waals surface area contributed by atoms with Crippen molar-refractivity contribution in [1.29, 1.82) is 5.41 Å². The number of allylic oxidation sites excluding steroid dienone is 3. The molecule has 0 radical (unpaired) electrons. The van der Waals surface area contributed by atoms with Crippen LogP contribution in [0.4, 0.5) is 4.79 Å². The molecule has 0 saturated heterocycles. The third-order valence-corrected chi connectivity index (χ3v) is 3.13. The molecule has 1 rings (SSSR count). The summed E-state index contributed by atoms with van der Waals surface area (Å²) in [6, 6.07) is 0. The quantitative estimate of drug-likeness (QED) is 0.284. The average molecular weight is 343 g/mol. The van der Waals surface area contributed by atoms with Crippen molar-refractivity contribution >= 4 is 22.9 Å². The fraction of sp³-hybridized carbons (Fsp3) is 0.467. The van der Waals surface area contributed by atoms with E-state index in [-0.39, 0.29) is 23.2 Å². The van der Waals surface area contributed by atoms with Crippen LogP contribution in [0.25, 0.3) is 0 Å². The van der Waals surface area contributed by atoms with Crippen LogP contribution in [-0.2, 0) is 9.47 Å². The lowest BCUT2D eigenvalue weighted by atomic mass is 10.2. The number of ether oxygens (including phenoxy) is 2. The number of carbonyl (C=O) groups excluding carboxylic acids is 1. The van der Waals surface area contributed by atoms with E-state index in [1.54, 1.807) is 18.1 Å². The van der Waals surface area contributed by atoms with Gasteiger partial charge in [-0.15, -0.1) is 0 Å². The predicted molar refractivity (Wildman–Crippen MR) is 89.5 cm³/mol. The molecule has 0 unspecified atom stereocenters. The van der Waals surface area contributed by atoms with E-state index >= 15 is 0 Å². The van der Waals surface area contributed by atoms with Crippen LogP contribution >= 0.6 is 11.6 Å². The Kier molecular flexibility index (Phi) is 7.47. The second kappa shape index (κ2) is 9.09. The van der Waals surface area contributed by atoms with E-state index in [9.17, 15) is 4.79 Å². The Bertz CT molecular complexity index is 555. The number of hydrogen-bond donors (Lipinski definition) is 3. The molecule has 7 nitrogen and oxygen atoms in total. The number of nitrogens with zero attached hydrogens (tertiary/aromatic N) is 1. The van der Waals surface area contributed by atoms with E-state index in [1.165, 1.54) is 0 Å². The number of hydrazine groups is 1. The predicted octanol–water partition coefficient (Wildman–Crippen LogP) is 2.95. The molecule has 1 aliphatic rings. The Hall–Kier alpha value is -2.15. The summed E-state index contributed by atoms with van der Waals surface area (Å²) >= 11 is 5.57. The summed E-state index contributed by atoms with van der Waals surface area (Å²) < 4.78 is 10.1. The minimum absolute atomic E-state index is 0.0277. The van der Waals surface area contributed by atoms with E-state index in [0.717, 1.165) is 31.0 Å². The molecular formula is C15H23ClN4O3. The first kappa shape index (κ1) is 18.9. The highest BCUT2D eigenvalue weighted by atomic mass is 35.5. The zero-order valence-electron chi connectivity index (χ0n) is 13.6. The SMILES string of the molecule is CCCCCOC(=O)OC(=CC(=N)Cl)C(N)=C1C=C(C)NN1C. The summed E-state index contributed by atoms with van der Waals surface area (Å²) in [6.45, 7) is 4.20. The summed E-state index contributed by atoms with van der Waals surface area (Å²) in [5.74, 6) is -0.0277. The summed E-state index contributed by atoms with van der Waals surface area (Å²) in [5, 5.41) is 8.71. The van der Waals surface area contributed by atoms with Crippen molar-refractivity contribution in [3.63, 3.8) is 0 Å². The van der Waals surface area contributed by atoms with Gasteiger partial charge in [0.25, 0.3) is 0 Å². The Labute approximate surface area is 141 Å². The molecule has 0 aromatic carbocycles. The third-order valence-electron chi connectivity index (χ3n) is 3.02. The molecule has 0 aromatic heterocycles. The second-order valence-corrected chi connectivity index (χ2v) is 5.47. The molecule has 23 heavy (non-hydrogen) atoms. The smallest absolute Gasteiger partial charge is 0.434 e. The van der Waals surface area contributed by atoms with Gasteiger partial charge in [0.15, 0.2) is 5.76 Å². The summed E-state index contributed by atoms with van der Waals surface area (Å²) in [5.41, 5.74) is 10.7. The molecule has 1 heterocycles. The van der Waals surface area contributed by atoms with Gasteiger partial charge in [0.1, 0.15) is 10.9 Å². The van der Waals surface area contributed by atoms with Crippen molar-refractivity contribution in [2.45, 2.75) is 33.1 Å². The highest BCUT2D eigenvalue weighted by molar-refractivity contribution is 6.67. The molecule has 128 valence electrons. The molecule has 0 spiro atoms. The van der Waals surface area contributed by atoms with Crippen molar-refractivity contribution < 1.29 is 14.3 Å². The zero-order chi connectivity index (χ0) is 17.4. The van der Waals surface area contributed by atoms with E-state index in [1.807, 2.05) is 6.92 Å². The molecule has 0 atom stereocenters. The lowest BCUT2D eigenvalue weighted by Gasteiger charge is -2.18. The Morgan fingerprint density at radius 1 is 1.52 bits per heavy atom. The monoisotopic (exact) mass is 342 g/mol. The van der Waals surface area contributed by atoms with Crippen LogP contribution in [-0.4, -0.2) is 30.0 Å². The van der Waals surface area contributed by atoms with Crippen LogP contribution in [0.2, 0.25) is 0 Å². The van der Waals surface area contributed by atoms with Gasteiger partial charge in [-0.3, -0.25) is 10.4 Å². The van der Waals surface area contributed by atoms with Gasteiger partial charge in [0.05, 0.1) is 12.3 Å². The lowest BCUT2D eigenvalue weighted by molar-refractivity contribution is 0.0770. The highest BCUT2D eigenvalue weighted by Crippen LogP contribution is 2.20. The molecule has 4 N–H and O–H groups in total. The number of likely N-dealkylation sites (N-methyl/N-ethyl adjacent to an activating group) is 1. The molecule has 0 amide bonds. The number of halogens is 1. The molecular weight excluding hydrogens is 320 g/mol. The zero-order valence-corrected chi connectivity index (χ0v) is 14.4. The summed E-state index contributed by atoms with van der Waals surface area (Å²) in [7, 11) is 1.77. The Morgan fingerprint density at radius 3 is 2.74 bits per heavy atom. The largest absolute Gasteiger partial charge is 0.513 e. The van der Waals surface area contributed by atoms with Gasteiger partial charge in [-0.1, -0.05) is 31.4 Å². The third kappa shape index (κ3) is 6.23. The van der Waals surface area contributed by atoms with Crippen molar-refractivity contribution in [3.8, 4) is 0 Å². The minimum Gasteiger partial charge on any atom is -0.434 e. The van der Waals surface area contributed by atoms with Crippen molar-refractivity contribution in [1.82, 2.24) is 10.4 Å². The van der Waals surface area contributed by atoms with Crippen LogP contribution < -0.4 is 11.2 Å². The number of hydrogen-bond acceptors (Lipinski definition) is 7. The van der Waals surface area contributed by atoms with Gasteiger partial charge in [-0.05, 0) is 19.4 Å². The molecule has 8 heteroatoms. The first-order valence-electron chi connectivity index (χ1n) is 7.34. The van der Waals surface area contributed by atoms with Crippen molar-refractivity contribution in [2.75, 3.05) is 13.7 Å². The first-order chi connectivity index (χ1) is 10.8. The van der Waals surface area contributed by atoms with E-state index in [2.05, 4.69) is 12.3 Å². The summed E-state index contributed by atoms with van der Waals surface area (Å²) in [4.78, 5) is 11.7. The maximum atomic E-state index is 11.7. The molecule has 0 bridgehead atoms. The second-order valence-electron chi connectivity index (χ2n) is 5.06. The van der Waals surface area contributed by atoms with Crippen molar-refractivity contribution in [2.24, 2.45) is 5.73 Å². The van der Waals surface area contributed by atoms with Crippen molar-refractivity contribution in [3.05, 3.63) is 35.0 Å². The Morgan fingerprint density at radius 2 is 2.22 bits per heavy atom. The molecule has 1 aliphatic heterocycles.